The van der Waals surface area contributed by atoms with Gasteiger partial charge in [-0.2, -0.15) is 0 Å². The first kappa shape index (κ1) is 11.7. The van der Waals surface area contributed by atoms with Crippen LogP contribution in [0.2, 0.25) is 5.02 Å². The highest BCUT2D eigenvalue weighted by Crippen LogP contribution is 2.21. The average Bonchev–Trinajstić information content (AvgIpc) is 2.20. The molecule has 0 atom stereocenters. The lowest BCUT2D eigenvalue weighted by Gasteiger charge is -1.98. The zero-order valence-corrected chi connectivity index (χ0v) is 9.41. The molecule has 15 heavy (non-hydrogen) atoms. The molecule has 1 aromatic carbocycles. The third-order valence-corrected chi connectivity index (χ3v) is 2.17. The molecule has 80 valence electrons. The van der Waals surface area contributed by atoms with Crippen molar-refractivity contribution in [1.29, 1.82) is 0 Å². The lowest BCUT2D eigenvalue weighted by molar-refractivity contribution is -0.134. The van der Waals surface area contributed by atoms with Crippen LogP contribution in [0.5, 0.6) is 0 Å². The largest absolute Gasteiger partial charge is 0.462 e. The number of rotatable bonds is 3. The third-order valence-electron chi connectivity index (χ3n) is 1.76. The van der Waals surface area contributed by atoms with E-state index in [0.29, 0.717) is 17.3 Å². The van der Waals surface area contributed by atoms with Gasteiger partial charge in [0.15, 0.2) is 0 Å². The monoisotopic (exact) mass is 225 g/mol. The van der Waals surface area contributed by atoms with Gasteiger partial charge in [0.1, 0.15) is 6.21 Å². The second kappa shape index (κ2) is 5.51. The SMILES string of the molecule is CCOC(=O)C=Nc1ccc(C)c(Cl)c1. The molecule has 0 saturated carbocycles. The number of ether oxygens (including phenoxy) is 1. The summed E-state index contributed by atoms with van der Waals surface area (Å²) in [7, 11) is 0. The highest BCUT2D eigenvalue weighted by Gasteiger charge is 1.98. The minimum Gasteiger partial charge on any atom is -0.462 e. The summed E-state index contributed by atoms with van der Waals surface area (Å²) in [6.07, 6.45) is 1.14. The molecule has 0 unspecified atom stereocenters. The van der Waals surface area contributed by atoms with E-state index in [2.05, 4.69) is 4.99 Å². The van der Waals surface area contributed by atoms with E-state index < -0.39 is 5.97 Å². The molecule has 0 aliphatic heterocycles. The van der Waals surface area contributed by atoms with Crippen LogP contribution in [0.1, 0.15) is 12.5 Å². The van der Waals surface area contributed by atoms with Gasteiger partial charge in [0, 0.05) is 5.02 Å². The molecule has 0 saturated heterocycles. The van der Waals surface area contributed by atoms with Crippen LogP contribution in [-0.2, 0) is 9.53 Å². The second-order valence-electron chi connectivity index (χ2n) is 2.94. The second-order valence-corrected chi connectivity index (χ2v) is 3.35. The molecular formula is C11H12ClNO2. The van der Waals surface area contributed by atoms with Crippen molar-refractivity contribution < 1.29 is 9.53 Å². The molecule has 4 heteroatoms. The Kier molecular flexibility index (Phi) is 4.31. The predicted molar refractivity (Wildman–Crippen MR) is 61.0 cm³/mol. The third kappa shape index (κ3) is 3.72. The number of carbonyl (C=O) groups is 1. The van der Waals surface area contributed by atoms with Gasteiger partial charge in [-0.05, 0) is 31.5 Å². The minimum absolute atomic E-state index is 0.347. The maximum atomic E-state index is 11.0. The van der Waals surface area contributed by atoms with Crippen LogP contribution in [0.3, 0.4) is 0 Å². The Labute approximate surface area is 93.7 Å². The predicted octanol–water partition coefficient (Wildman–Crippen LogP) is 2.91. The Bertz CT molecular complexity index is 388. The Morgan fingerprint density at radius 2 is 2.33 bits per heavy atom. The number of carbonyl (C=O) groups excluding carboxylic acids is 1. The normalized spacial score (nSPS) is 10.6. The van der Waals surface area contributed by atoms with Gasteiger partial charge in [-0.15, -0.1) is 0 Å². The highest BCUT2D eigenvalue weighted by molar-refractivity contribution is 6.31. The highest BCUT2D eigenvalue weighted by atomic mass is 35.5. The van der Waals surface area contributed by atoms with E-state index in [1.165, 1.54) is 0 Å². The molecule has 0 radical (unpaired) electrons. The van der Waals surface area contributed by atoms with E-state index >= 15 is 0 Å². The van der Waals surface area contributed by atoms with Crippen LogP contribution in [0.4, 0.5) is 5.69 Å². The van der Waals surface area contributed by atoms with Gasteiger partial charge in [-0.25, -0.2) is 9.79 Å². The standard InChI is InChI=1S/C11H12ClNO2/c1-3-15-11(14)7-13-9-5-4-8(2)10(12)6-9/h4-7H,3H2,1-2H3. The molecule has 1 aromatic rings. The fourth-order valence-electron chi connectivity index (χ4n) is 0.969. The fourth-order valence-corrected chi connectivity index (χ4v) is 1.14. The van der Waals surface area contributed by atoms with Crippen LogP contribution in [0.25, 0.3) is 0 Å². The van der Waals surface area contributed by atoms with Crippen molar-refractivity contribution in [2.75, 3.05) is 6.61 Å². The molecule has 0 heterocycles. The van der Waals surface area contributed by atoms with Crippen LogP contribution in [-0.4, -0.2) is 18.8 Å². The first-order valence-corrected chi connectivity index (χ1v) is 4.98. The summed E-state index contributed by atoms with van der Waals surface area (Å²) < 4.78 is 4.70. The van der Waals surface area contributed by atoms with Gasteiger partial charge in [-0.1, -0.05) is 17.7 Å². The number of nitrogens with zero attached hydrogens (tertiary/aromatic N) is 1. The molecule has 0 aliphatic carbocycles. The molecule has 1 rings (SSSR count). The molecule has 0 amide bonds. The van der Waals surface area contributed by atoms with Crippen molar-refractivity contribution in [1.82, 2.24) is 0 Å². The lowest BCUT2D eigenvalue weighted by atomic mass is 10.2. The zero-order chi connectivity index (χ0) is 11.3. The quantitative estimate of drug-likeness (QED) is 0.586. The van der Waals surface area contributed by atoms with Gasteiger partial charge in [0.05, 0.1) is 12.3 Å². The lowest BCUT2D eigenvalue weighted by Crippen LogP contribution is -2.04. The van der Waals surface area contributed by atoms with Crippen molar-refractivity contribution >= 4 is 29.5 Å². The van der Waals surface area contributed by atoms with Gasteiger partial charge in [0.25, 0.3) is 0 Å². The molecule has 0 bridgehead atoms. The fraction of sp³-hybridized carbons (Fsp3) is 0.273. The minimum atomic E-state index is -0.450. The number of aliphatic imine (C=N–C) groups is 1. The Morgan fingerprint density at radius 1 is 1.60 bits per heavy atom. The summed E-state index contributed by atoms with van der Waals surface area (Å²) in [4.78, 5) is 14.9. The Morgan fingerprint density at radius 3 is 2.93 bits per heavy atom. The van der Waals surface area contributed by atoms with Gasteiger partial charge >= 0.3 is 5.97 Å². The van der Waals surface area contributed by atoms with E-state index in [0.717, 1.165) is 11.8 Å². The van der Waals surface area contributed by atoms with Crippen molar-refractivity contribution in [3.05, 3.63) is 28.8 Å². The molecular weight excluding hydrogens is 214 g/mol. The molecule has 0 fully saturated rings. The summed E-state index contributed by atoms with van der Waals surface area (Å²) >= 11 is 5.90. The molecule has 0 N–H and O–H groups in total. The first-order valence-electron chi connectivity index (χ1n) is 4.60. The van der Waals surface area contributed by atoms with Gasteiger partial charge in [0.2, 0.25) is 0 Å². The van der Waals surface area contributed by atoms with Crippen molar-refractivity contribution in [2.45, 2.75) is 13.8 Å². The molecule has 0 aromatic heterocycles. The first-order chi connectivity index (χ1) is 7.13. The average molecular weight is 226 g/mol. The number of benzene rings is 1. The zero-order valence-electron chi connectivity index (χ0n) is 8.66. The maximum absolute atomic E-state index is 11.0. The topological polar surface area (TPSA) is 38.7 Å². The molecule has 0 spiro atoms. The number of esters is 1. The Hall–Kier alpha value is -1.35. The van der Waals surface area contributed by atoms with E-state index in [1.54, 1.807) is 19.1 Å². The van der Waals surface area contributed by atoms with Crippen LogP contribution < -0.4 is 0 Å². The van der Waals surface area contributed by atoms with E-state index in [9.17, 15) is 4.79 Å². The Balaban J connectivity index is 2.72. The van der Waals surface area contributed by atoms with Crippen molar-refractivity contribution in [3.8, 4) is 0 Å². The number of aryl methyl sites for hydroxylation is 1. The van der Waals surface area contributed by atoms with Crippen molar-refractivity contribution in [2.24, 2.45) is 4.99 Å². The summed E-state index contributed by atoms with van der Waals surface area (Å²) in [5, 5.41) is 0.633. The smallest absolute Gasteiger partial charge is 0.349 e. The van der Waals surface area contributed by atoms with Gasteiger partial charge < -0.3 is 4.74 Å². The van der Waals surface area contributed by atoms with E-state index in [1.807, 2.05) is 13.0 Å². The number of hydrogen-bond donors (Lipinski definition) is 0. The molecule has 0 aliphatic rings. The van der Waals surface area contributed by atoms with E-state index in [4.69, 9.17) is 16.3 Å². The van der Waals surface area contributed by atoms with Crippen LogP contribution in [0.15, 0.2) is 23.2 Å². The summed E-state index contributed by atoms with van der Waals surface area (Å²) in [5.41, 5.74) is 1.62. The molecule has 3 nitrogen and oxygen atoms in total. The summed E-state index contributed by atoms with van der Waals surface area (Å²) in [5.74, 6) is -0.450. The maximum Gasteiger partial charge on any atom is 0.349 e. The van der Waals surface area contributed by atoms with Crippen LogP contribution >= 0.6 is 11.6 Å². The summed E-state index contributed by atoms with van der Waals surface area (Å²) in [6, 6.07) is 5.34. The van der Waals surface area contributed by atoms with Gasteiger partial charge in [-0.3, -0.25) is 0 Å². The van der Waals surface area contributed by atoms with Crippen molar-refractivity contribution in [3.63, 3.8) is 0 Å². The number of halogens is 1. The number of hydrogen-bond acceptors (Lipinski definition) is 3. The van der Waals surface area contributed by atoms with E-state index in [-0.39, 0.29) is 0 Å². The van der Waals surface area contributed by atoms with Crippen LogP contribution in [0, 0.1) is 6.92 Å². The summed E-state index contributed by atoms with van der Waals surface area (Å²) in [6.45, 7) is 4.00.